The lowest BCUT2D eigenvalue weighted by atomic mass is 9.89. The Balaban J connectivity index is 2.25. The Labute approximate surface area is 334 Å². The number of para-hydroxylation sites is 1. The number of nitrogens with one attached hydrogen (secondary N) is 3. The molecule has 5 amide bonds. The van der Waals surface area contributed by atoms with Gasteiger partial charge in [0.15, 0.2) is 5.78 Å². The number of aromatic hydroxyl groups is 2. The Kier molecular flexibility index (Phi) is 20.4. The van der Waals surface area contributed by atoms with Crippen molar-refractivity contribution in [3.63, 3.8) is 0 Å². The van der Waals surface area contributed by atoms with Crippen LogP contribution in [0.1, 0.15) is 143 Å². The Morgan fingerprint density at radius 3 is 1.95 bits per heavy atom. The van der Waals surface area contributed by atoms with Crippen molar-refractivity contribution < 1.29 is 48.9 Å². The summed E-state index contributed by atoms with van der Waals surface area (Å²) in [5.41, 5.74) is 10.6. The summed E-state index contributed by atoms with van der Waals surface area (Å²) in [6.07, 6.45) is 5.01. The van der Waals surface area contributed by atoms with E-state index < -0.39 is 77.5 Å². The quantitative estimate of drug-likeness (QED) is 0.0479. The van der Waals surface area contributed by atoms with E-state index in [1.165, 1.54) is 42.8 Å². The Hall–Kier alpha value is -5.31. The van der Waals surface area contributed by atoms with Gasteiger partial charge in [-0.05, 0) is 61.9 Å². The number of phenolic OH excluding ortho intramolecular Hbond substituents is 2. The van der Waals surface area contributed by atoms with E-state index >= 15 is 0 Å². The van der Waals surface area contributed by atoms with Crippen molar-refractivity contribution in [2.75, 3.05) is 0 Å². The molecule has 0 aliphatic carbocycles. The molecule has 0 saturated carbocycles. The van der Waals surface area contributed by atoms with Gasteiger partial charge in [0.1, 0.15) is 23.6 Å². The van der Waals surface area contributed by atoms with Crippen LogP contribution >= 0.6 is 0 Å². The number of Topliss-reactive ketones (excluding diaryl/α,β-unsaturated/α-hetero) is 1. The molecule has 15 heteroatoms. The maximum absolute atomic E-state index is 13.9. The molecule has 2 aromatic rings. The first kappa shape index (κ1) is 47.8. The van der Waals surface area contributed by atoms with Crippen LogP contribution in [0.3, 0.4) is 0 Å². The molecule has 0 saturated heterocycles. The van der Waals surface area contributed by atoms with Crippen LogP contribution < -0.4 is 27.4 Å². The molecule has 314 valence electrons. The summed E-state index contributed by atoms with van der Waals surface area (Å²) in [4.78, 5) is 91.2. The molecule has 15 nitrogen and oxygen atoms in total. The summed E-state index contributed by atoms with van der Waals surface area (Å²) in [5.74, 6) is -6.40. The number of primary amides is 2. The lowest BCUT2D eigenvalue weighted by Crippen LogP contribution is -2.56. The van der Waals surface area contributed by atoms with Crippen LogP contribution in [0.2, 0.25) is 0 Å². The molecule has 0 fully saturated rings. The number of hydrogen-bond acceptors (Lipinski definition) is 10. The number of hydrogen-bond donors (Lipinski definition) is 8. The number of carbonyl (C=O) groups excluding carboxylic acids is 7. The van der Waals surface area contributed by atoms with Crippen molar-refractivity contribution in [2.45, 2.75) is 142 Å². The van der Waals surface area contributed by atoms with Gasteiger partial charge in [-0.25, -0.2) is 0 Å². The number of aryl methyl sites for hydroxylation is 1. The zero-order chi connectivity index (χ0) is 42.7. The van der Waals surface area contributed by atoms with E-state index in [9.17, 15) is 48.9 Å². The maximum Gasteiger partial charge on any atom is 0.243 e. The monoisotopic (exact) mass is 795 g/mol. The summed E-state index contributed by atoms with van der Waals surface area (Å²) in [7, 11) is 0. The summed E-state index contributed by atoms with van der Waals surface area (Å²) >= 11 is 0. The Morgan fingerprint density at radius 1 is 0.702 bits per heavy atom. The number of unbranched alkanes of at least 4 members (excludes halogenated alkanes) is 6. The standard InChI is InChI=1S/C42H61N5O10/c1-5-6-7-8-9-10-11-14-28(48)23-38(54)46-32(24-37(44)53)42(57)47-31(17-18-36(43)52)41(56)45-27(19-25(2)3)22-34(50)30-20-26(4)21-35(51)39(30)40(55)29-15-12-13-16-33(29)49/h12-13,15-16,20-21,25,27-28,31-32,48-49,51H,5-11,14,17-19,22-24H2,1-4H3,(H2,43,52)(H2,44,53)(H,45,56)(H,46,54)(H,47,57)/t27-,28-,31+,32+/m1/s1. The van der Waals surface area contributed by atoms with Crippen LogP contribution in [0.15, 0.2) is 36.4 Å². The number of aliphatic hydroxyl groups excluding tert-OH is 1. The van der Waals surface area contributed by atoms with Crippen LogP contribution in [-0.4, -0.2) is 80.7 Å². The number of aliphatic hydroxyl groups is 1. The number of benzene rings is 2. The van der Waals surface area contributed by atoms with Gasteiger partial charge in [-0.3, -0.25) is 33.6 Å². The van der Waals surface area contributed by atoms with E-state index in [2.05, 4.69) is 22.9 Å². The van der Waals surface area contributed by atoms with E-state index in [1.54, 1.807) is 6.92 Å². The molecule has 57 heavy (non-hydrogen) atoms. The molecule has 0 aliphatic heterocycles. The van der Waals surface area contributed by atoms with E-state index in [0.717, 1.165) is 38.5 Å². The molecule has 2 rings (SSSR count). The van der Waals surface area contributed by atoms with Crippen LogP contribution in [0.25, 0.3) is 0 Å². The third-order valence-corrected chi connectivity index (χ3v) is 9.40. The molecule has 0 spiro atoms. The number of amides is 5. The average molecular weight is 796 g/mol. The highest BCUT2D eigenvalue weighted by atomic mass is 16.3. The molecular weight excluding hydrogens is 734 g/mol. The van der Waals surface area contributed by atoms with Crippen molar-refractivity contribution in [2.24, 2.45) is 17.4 Å². The van der Waals surface area contributed by atoms with E-state index in [1.807, 2.05) is 13.8 Å². The molecule has 2 aromatic carbocycles. The number of carbonyl (C=O) groups is 7. The second-order valence-corrected chi connectivity index (χ2v) is 15.1. The van der Waals surface area contributed by atoms with Gasteiger partial charge in [0, 0.05) is 24.4 Å². The minimum atomic E-state index is -1.51. The highest BCUT2D eigenvalue weighted by Crippen LogP contribution is 2.30. The highest BCUT2D eigenvalue weighted by molar-refractivity contribution is 6.18. The van der Waals surface area contributed by atoms with Gasteiger partial charge >= 0.3 is 0 Å². The number of ketones is 2. The smallest absolute Gasteiger partial charge is 0.243 e. The summed E-state index contributed by atoms with van der Waals surface area (Å²) in [5, 5.41) is 39.2. The lowest BCUT2D eigenvalue weighted by Gasteiger charge is -2.26. The fraction of sp³-hybridized carbons (Fsp3) is 0.548. The van der Waals surface area contributed by atoms with Crippen molar-refractivity contribution >= 4 is 41.1 Å². The predicted molar refractivity (Wildman–Crippen MR) is 214 cm³/mol. The third-order valence-electron chi connectivity index (χ3n) is 9.40. The lowest BCUT2D eigenvalue weighted by molar-refractivity contribution is -0.134. The van der Waals surface area contributed by atoms with Gasteiger partial charge in [0.25, 0.3) is 0 Å². The maximum atomic E-state index is 13.9. The fourth-order valence-corrected chi connectivity index (χ4v) is 6.57. The number of nitrogens with two attached hydrogens (primary N) is 2. The molecule has 0 radical (unpaired) electrons. The van der Waals surface area contributed by atoms with Gasteiger partial charge in [-0.15, -0.1) is 0 Å². The first-order valence-electron chi connectivity index (χ1n) is 19.8. The summed E-state index contributed by atoms with van der Waals surface area (Å²) < 4.78 is 0. The second-order valence-electron chi connectivity index (χ2n) is 15.1. The SMILES string of the molecule is CCCCCCCCC[C@@H](O)CC(=O)N[C@@H](CC(N)=O)C(=O)N[C@@H](CCC(N)=O)C(=O)N[C@@H](CC(=O)c1cc(C)cc(O)c1C(=O)c1ccccc1O)CC(C)C. The molecule has 0 unspecified atom stereocenters. The van der Waals surface area contributed by atoms with Gasteiger partial charge in [-0.2, -0.15) is 0 Å². The zero-order valence-electron chi connectivity index (χ0n) is 33.6. The zero-order valence-corrected chi connectivity index (χ0v) is 33.6. The molecule has 4 atom stereocenters. The summed E-state index contributed by atoms with van der Waals surface area (Å²) in [6.45, 7) is 7.46. The van der Waals surface area contributed by atoms with Crippen LogP contribution in [0, 0.1) is 12.8 Å². The van der Waals surface area contributed by atoms with Crippen LogP contribution in [-0.2, 0) is 24.0 Å². The van der Waals surface area contributed by atoms with Gasteiger partial charge in [0.05, 0.1) is 30.1 Å². The molecular formula is C42H61N5O10. The topological polar surface area (TPSA) is 268 Å². The van der Waals surface area contributed by atoms with Gasteiger partial charge in [0.2, 0.25) is 35.3 Å². The van der Waals surface area contributed by atoms with Crippen molar-refractivity contribution in [1.29, 1.82) is 0 Å². The van der Waals surface area contributed by atoms with Crippen LogP contribution in [0.4, 0.5) is 0 Å². The predicted octanol–water partition coefficient (Wildman–Crippen LogP) is 3.74. The molecule has 0 heterocycles. The normalized spacial score (nSPS) is 13.2. The molecule has 0 bridgehead atoms. The Bertz CT molecular complexity index is 1710. The molecule has 0 aliphatic rings. The largest absolute Gasteiger partial charge is 0.507 e. The third kappa shape index (κ3) is 17.2. The molecule has 0 aromatic heterocycles. The van der Waals surface area contributed by atoms with Gasteiger partial charge in [-0.1, -0.05) is 77.8 Å². The van der Waals surface area contributed by atoms with Crippen molar-refractivity contribution in [3.05, 3.63) is 58.7 Å². The number of phenols is 2. The fourth-order valence-electron chi connectivity index (χ4n) is 6.57. The summed E-state index contributed by atoms with van der Waals surface area (Å²) in [6, 6.07) is 4.66. The van der Waals surface area contributed by atoms with E-state index in [4.69, 9.17) is 11.5 Å². The minimum absolute atomic E-state index is 0.0636. The van der Waals surface area contributed by atoms with E-state index in [0.29, 0.717) is 12.0 Å². The minimum Gasteiger partial charge on any atom is -0.507 e. The van der Waals surface area contributed by atoms with E-state index in [-0.39, 0.29) is 60.5 Å². The van der Waals surface area contributed by atoms with Crippen LogP contribution in [0.5, 0.6) is 11.5 Å². The van der Waals surface area contributed by atoms with Crippen molar-refractivity contribution in [3.8, 4) is 11.5 Å². The molecule has 10 N–H and O–H groups in total. The van der Waals surface area contributed by atoms with Gasteiger partial charge < -0.3 is 42.7 Å². The van der Waals surface area contributed by atoms with Crippen molar-refractivity contribution in [1.82, 2.24) is 16.0 Å². The Morgan fingerprint density at radius 2 is 1.33 bits per heavy atom. The first-order valence-corrected chi connectivity index (χ1v) is 19.8. The average Bonchev–Trinajstić information content (AvgIpc) is 3.11. The number of rotatable bonds is 27. The first-order chi connectivity index (χ1) is 26.9. The second kappa shape index (κ2) is 24.4. The highest BCUT2D eigenvalue weighted by Gasteiger charge is 2.32.